The van der Waals surface area contributed by atoms with Gasteiger partial charge in [0.15, 0.2) is 0 Å². The molecule has 88 valence electrons. The van der Waals surface area contributed by atoms with E-state index in [-0.39, 0.29) is 16.9 Å². The molecule has 2 rings (SSSR count). The van der Waals surface area contributed by atoms with E-state index in [2.05, 4.69) is 10.2 Å². The maximum Gasteiger partial charge on any atom is 0.277 e. The monoisotopic (exact) mass is 269 g/mol. The average molecular weight is 270 g/mol. The minimum Gasteiger partial charge on any atom is -0.549 e. The average Bonchev–Trinajstić information content (AvgIpc) is 2.75. The molecule has 0 unspecified atom stereocenters. The Bertz CT molecular complexity index is 544. The molecule has 1 aromatic heterocycles. The van der Waals surface area contributed by atoms with Crippen LogP contribution in [-0.2, 0) is 4.79 Å². The molecular weight excluding hydrogens is 264 g/mol. The van der Waals surface area contributed by atoms with Crippen molar-refractivity contribution in [2.45, 2.75) is 5.22 Å². The zero-order chi connectivity index (χ0) is 12.3. The van der Waals surface area contributed by atoms with E-state index in [0.29, 0.717) is 10.6 Å². The third-order valence-corrected chi connectivity index (χ3v) is 2.95. The van der Waals surface area contributed by atoms with E-state index in [1.165, 1.54) is 0 Å². The van der Waals surface area contributed by atoms with Crippen LogP contribution in [0, 0.1) is 0 Å². The Labute approximate surface area is 106 Å². The Kier molecular flexibility index (Phi) is 3.65. The van der Waals surface area contributed by atoms with Crippen LogP contribution in [-0.4, -0.2) is 21.9 Å². The number of carbonyl (C=O) groups excluding carboxylic acids is 1. The lowest BCUT2D eigenvalue weighted by atomic mass is 10.2. The molecule has 0 aliphatic rings. The maximum atomic E-state index is 10.3. The summed E-state index contributed by atoms with van der Waals surface area (Å²) >= 11 is 6.86. The van der Waals surface area contributed by atoms with Gasteiger partial charge in [0.2, 0.25) is 5.89 Å². The van der Waals surface area contributed by atoms with Crippen molar-refractivity contribution in [1.82, 2.24) is 10.2 Å². The molecular formula is C10H6ClN2O3S-. The summed E-state index contributed by atoms with van der Waals surface area (Å²) < 4.78 is 5.27. The number of rotatable bonds is 4. The molecule has 0 N–H and O–H groups in total. The van der Waals surface area contributed by atoms with Gasteiger partial charge in [0, 0.05) is 5.75 Å². The Balaban J connectivity index is 2.18. The zero-order valence-electron chi connectivity index (χ0n) is 8.42. The first kappa shape index (κ1) is 11.9. The fourth-order valence-corrected chi connectivity index (χ4v) is 1.83. The molecule has 5 nitrogen and oxygen atoms in total. The highest BCUT2D eigenvalue weighted by Crippen LogP contribution is 2.28. The smallest absolute Gasteiger partial charge is 0.277 e. The molecule has 0 aliphatic heterocycles. The van der Waals surface area contributed by atoms with Crippen LogP contribution in [0.15, 0.2) is 33.9 Å². The van der Waals surface area contributed by atoms with Crippen molar-refractivity contribution in [3.8, 4) is 11.5 Å². The van der Waals surface area contributed by atoms with E-state index in [9.17, 15) is 9.90 Å². The van der Waals surface area contributed by atoms with Gasteiger partial charge < -0.3 is 14.3 Å². The number of hydrogen-bond donors (Lipinski definition) is 0. The van der Waals surface area contributed by atoms with Gasteiger partial charge in [0.25, 0.3) is 5.22 Å². The first-order chi connectivity index (χ1) is 8.16. The number of hydrogen-bond acceptors (Lipinski definition) is 6. The summed E-state index contributed by atoms with van der Waals surface area (Å²) in [4.78, 5) is 10.3. The lowest BCUT2D eigenvalue weighted by molar-refractivity contribution is -0.301. The van der Waals surface area contributed by atoms with Crippen LogP contribution in [0.5, 0.6) is 0 Å². The van der Waals surface area contributed by atoms with E-state index in [1.54, 1.807) is 24.3 Å². The highest BCUT2D eigenvalue weighted by Gasteiger charge is 2.11. The summed E-state index contributed by atoms with van der Waals surface area (Å²) in [6, 6.07) is 7.02. The number of aliphatic carboxylic acids is 1. The minimum atomic E-state index is -1.19. The van der Waals surface area contributed by atoms with Crippen molar-refractivity contribution in [3.05, 3.63) is 29.3 Å². The highest BCUT2D eigenvalue weighted by atomic mass is 35.5. The maximum absolute atomic E-state index is 10.3. The number of carboxylic acids is 1. The van der Waals surface area contributed by atoms with Crippen molar-refractivity contribution < 1.29 is 14.3 Å². The Hall–Kier alpha value is -1.53. The van der Waals surface area contributed by atoms with Crippen molar-refractivity contribution in [3.63, 3.8) is 0 Å². The quantitative estimate of drug-likeness (QED) is 0.777. The molecule has 0 amide bonds. The van der Waals surface area contributed by atoms with Crippen molar-refractivity contribution in [2.24, 2.45) is 0 Å². The number of carboxylic acid groups (broad SMARTS) is 1. The number of nitrogens with zero attached hydrogens (tertiary/aromatic N) is 2. The molecule has 1 aromatic carbocycles. The molecule has 0 bridgehead atoms. The van der Waals surface area contributed by atoms with Crippen molar-refractivity contribution in [1.29, 1.82) is 0 Å². The molecule has 0 spiro atoms. The van der Waals surface area contributed by atoms with Gasteiger partial charge in [-0.1, -0.05) is 35.5 Å². The van der Waals surface area contributed by atoms with Crippen LogP contribution in [0.25, 0.3) is 11.5 Å². The topological polar surface area (TPSA) is 79.0 Å². The fourth-order valence-electron chi connectivity index (χ4n) is 1.13. The van der Waals surface area contributed by atoms with Gasteiger partial charge in [-0.3, -0.25) is 0 Å². The number of aromatic nitrogens is 2. The second-order valence-electron chi connectivity index (χ2n) is 3.01. The van der Waals surface area contributed by atoms with Gasteiger partial charge in [0.05, 0.1) is 16.6 Å². The third kappa shape index (κ3) is 2.98. The van der Waals surface area contributed by atoms with E-state index in [0.717, 1.165) is 11.8 Å². The fraction of sp³-hybridized carbons (Fsp3) is 0.100. The van der Waals surface area contributed by atoms with Gasteiger partial charge in [-0.05, 0) is 12.1 Å². The number of halogens is 1. The number of carbonyl (C=O) groups is 1. The second kappa shape index (κ2) is 5.20. The Morgan fingerprint density at radius 2 is 2.18 bits per heavy atom. The summed E-state index contributed by atoms with van der Waals surface area (Å²) in [5.41, 5.74) is 0.613. The number of thioether (sulfide) groups is 1. The van der Waals surface area contributed by atoms with Crippen LogP contribution in [0.3, 0.4) is 0 Å². The Morgan fingerprint density at radius 3 is 2.88 bits per heavy atom. The highest BCUT2D eigenvalue weighted by molar-refractivity contribution is 7.99. The summed E-state index contributed by atoms with van der Waals surface area (Å²) in [5.74, 6) is -1.16. The number of benzene rings is 1. The van der Waals surface area contributed by atoms with E-state index in [4.69, 9.17) is 16.0 Å². The molecule has 0 saturated heterocycles. The normalized spacial score (nSPS) is 10.4. The van der Waals surface area contributed by atoms with Gasteiger partial charge in [-0.15, -0.1) is 10.2 Å². The molecule has 0 saturated carbocycles. The predicted molar refractivity (Wildman–Crippen MR) is 60.5 cm³/mol. The Morgan fingerprint density at radius 1 is 1.41 bits per heavy atom. The summed E-state index contributed by atoms with van der Waals surface area (Å²) in [6.45, 7) is 0. The molecule has 0 radical (unpaired) electrons. The van der Waals surface area contributed by atoms with Crippen LogP contribution < -0.4 is 5.11 Å². The lowest BCUT2D eigenvalue weighted by Gasteiger charge is -1.97. The summed E-state index contributed by atoms with van der Waals surface area (Å²) in [6.07, 6.45) is 0. The summed E-state index contributed by atoms with van der Waals surface area (Å²) in [7, 11) is 0. The molecule has 7 heteroatoms. The van der Waals surface area contributed by atoms with Crippen LogP contribution in [0.2, 0.25) is 5.02 Å². The summed E-state index contributed by atoms with van der Waals surface area (Å²) in [5, 5.41) is 18.4. The molecule has 2 aromatic rings. The molecule has 1 heterocycles. The third-order valence-electron chi connectivity index (χ3n) is 1.82. The van der Waals surface area contributed by atoms with E-state index in [1.807, 2.05) is 0 Å². The van der Waals surface area contributed by atoms with Crippen LogP contribution >= 0.6 is 23.4 Å². The SMILES string of the molecule is O=C([O-])CSc1nnc(-c2ccccc2Cl)o1. The van der Waals surface area contributed by atoms with Gasteiger partial charge >= 0.3 is 0 Å². The minimum absolute atomic E-state index is 0.170. The molecule has 0 atom stereocenters. The zero-order valence-corrected chi connectivity index (χ0v) is 9.99. The van der Waals surface area contributed by atoms with E-state index < -0.39 is 5.97 Å². The molecule has 17 heavy (non-hydrogen) atoms. The van der Waals surface area contributed by atoms with Crippen molar-refractivity contribution >= 4 is 29.3 Å². The lowest BCUT2D eigenvalue weighted by Crippen LogP contribution is -2.24. The molecule has 0 aliphatic carbocycles. The first-order valence-corrected chi connectivity index (χ1v) is 5.94. The van der Waals surface area contributed by atoms with Crippen LogP contribution in [0.1, 0.15) is 0 Å². The standard InChI is InChI=1S/C10H7ClN2O3S/c11-7-4-2-1-3-6(7)9-12-13-10(16-9)17-5-8(14)15/h1-4H,5H2,(H,14,15)/p-1. The van der Waals surface area contributed by atoms with Gasteiger partial charge in [-0.2, -0.15) is 0 Å². The van der Waals surface area contributed by atoms with Gasteiger partial charge in [0.1, 0.15) is 0 Å². The van der Waals surface area contributed by atoms with E-state index >= 15 is 0 Å². The first-order valence-electron chi connectivity index (χ1n) is 4.58. The van der Waals surface area contributed by atoms with Crippen LogP contribution in [0.4, 0.5) is 0 Å². The second-order valence-corrected chi connectivity index (χ2v) is 4.35. The molecule has 0 fully saturated rings. The predicted octanol–water partition coefficient (Wildman–Crippen LogP) is 1.23. The van der Waals surface area contributed by atoms with Crippen molar-refractivity contribution in [2.75, 3.05) is 5.75 Å². The van der Waals surface area contributed by atoms with Gasteiger partial charge in [-0.25, -0.2) is 0 Å². The largest absolute Gasteiger partial charge is 0.549 e.